The highest BCUT2D eigenvalue weighted by molar-refractivity contribution is 5.09. The monoisotopic (exact) mass is 196 g/mol. The molecule has 1 fully saturated rings. The van der Waals surface area contributed by atoms with Crippen LogP contribution < -0.4 is 11.1 Å². The summed E-state index contributed by atoms with van der Waals surface area (Å²) in [6.45, 7) is 6.80. The fourth-order valence-electron chi connectivity index (χ4n) is 2.26. The van der Waals surface area contributed by atoms with E-state index in [1.165, 1.54) is 12.1 Å². The van der Waals surface area contributed by atoms with E-state index in [-0.39, 0.29) is 0 Å². The van der Waals surface area contributed by atoms with Crippen molar-refractivity contribution in [3.8, 4) is 0 Å². The fraction of sp³-hybridized carbons (Fsp3) is 0.833. The van der Waals surface area contributed by atoms with E-state index in [1.54, 1.807) is 0 Å². The number of nitrogens with two attached hydrogens (primary N) is 1. The lowest BCUT2D eigenvalue weighted by Gasteiger charge is -2.10. The van der Waals surface area contributed by atoms with Crippen molar-refractivity contribution in [1.82, 2.24) is 5.32 Å². The summed E-state index contributed by atoms with van der Waals surface area (Å²) < 4.78 is 0. The first-order valence-electron chi connectivity index (χ1n) is 5.77. The maximum Gasteiger partial charge on any atom is 0.0294 e. The lowest BCUT2D eigenvalue weighted by atomic mass is 10.1. The number of hydrogen-bond acceptors (Lipinski definition) is 2. The summed E-state index contributed by atoms with van der Waals surface area (Å²) in [7, 11) is 1.97. The van der Waals surface area contributed by atoms with Gasteiger partial charge in [0.1, 0.15) is 0 Å². The molecule has 1 rings (SSSR count). The van der Waals surface area contributed by atoms with E-state index in [2.05, 4.69) is 26.1 Å². The van der Waals surface area contributed by atoms with Crippen LogP contribution in [-0.2, 0) is 0 Å². The van der Waals surface area contributed by atoms with Crippen molar-refractivity contribution in [2.45, 2.75) is 40.0 Å². The fourth-order valence-corrected chi connectivity index (χ4v) is 2.26. The Hall–Kier alpha value is -0.660. The Morgan fingerprint density at radius 2 is 1.86 bits per heavy atom. The highest BCUT2D eigenvalue weighted by atomic mass is 14.9. The van der Waals surface area contributed by atoms with E-state index < -0.39 is 0 Å². The van der Waals surface area contributed by atoms with Gasteiger partial charge in [0.05, 0.1) is 0 Å². The maximum atomic E-state index is 5.92. The topological polar surface area (TPSA) is 38.0 Å². The van der Waals surface area contributed by atoms with Crippen LogP contribution in [0.25, 0.3) is 0 Å². The molecule has 1 aliphatic rings. The Kier molecular flexibility index (Phi) is 3.85. The van der Waals surface area contributed by atoms with Crippen molar-refractivity contribution in [3.63, 3.8) is 0 Å². The number of allylic oxidation sites excluding steroid dienone is 2. The third-order valence-corrected chi connectivity index (χ3v) is 3.84. The molecule has 0 aromatic rings. The van der Waals surface area contributed by atoms with Gasteiger partial charge in [0, 0.05) is 18.4 Å². The zero-order chi connectivity index (χ0) is 10.7. The Labute approximate surface area is 87.9 Å². The Balaban J connectivity index is 2.36. The molecule has 14 heavy (non-hydrogen) atoms. The van der Waals surface area contributed by atoms with Crippen molar-refractivity contribution >= 4 is 0 Å². The SMILES string of the molecule is CC/C(N)=C(\CCC1C(C)C1C)NC. The van der Waals surface area contributed by atoms with Crippen LogP contribution in [0.1, 0.15) is 40.0 Å². The van der Waals surface area contributed by atoms with Gasteiger partial charge in [-0.2, -0.15) is 0 Å². The third kappa shape index (κ3) is 2.43. The third-order valence-electron chi connectivity index (χ3n) is 3.84. The average molecular weight is 196 g/mol. The summed E-state index contributed by atoms with van der Waals surface area (Å²) in [4.78, 5) is 0. The summed E-state index contributed by atoms with van der Waals surface area (Å²) in [5.74, 6) is 2.79. The lowest BCUT2D eigenvalue weighted by Crippen LogP contribution is -2.14. The Morgan fingerprint density at radius 3 is 2.21 bits per heavy atom. The molecule has 0 spiro atoms. The van der Waals surface area contributed by atoms with Gasteiger partial charge in [-0.15, -0.1) is 0 Å². The summed E-state index contributed by atoms with van der Waals surface area (Å²) in [5.41, 5.74) is 8.19. The molecule has 2 heteroatoms. The quantitative estimate of drug-likeness (QED) is 0.709. The van der Waals surface area contributed by atoms with Gasteiger partial charge in [-0.3, -0.25) is 0 Å². The average Bonchev–Trinajstić information content (AvgIpc) is 2.76. The summed E-state index contributed by atoms with van der Waals surface area (Å²) in [5, 5.41) is 3.22. The van der Waals surface area contributed by atoms with Crippen LogP contribution in [-0.4, -0.2) is 7.05 Å². The minimum Gasteiger partial charge on any atom is -0.401 e. The van der Waals surface area contributed by atoms with Gasteiger partial charge in [-0.25, -0.2) is 0 Å². The second-order valence-corrected chi connectivity index (χ2v) is 4.53. The molecule has 0 aliphatic heterocycles. The molecular weight excluding hydrogens is 172 g/mol. The van der Waals surface area contributed by atoms with Crippen molar-refractivity contribution in [1.29, 1.82) is 0 Å². The maximum absolute atomic E-state index is 5.92. The number of nitrogens with one attached hydrogen (secondary N) is 1. The van der Waals surface area contributed by atoms with Crippen LogP contribution in [0.5, 0.6) is 0 Å². The standard InChI is InChI=1S/C12H24N2/c1-5-11(13)12(14-4)7-6-10-8(2)9(10)3/h8-10,14H,5-7,13H2,1-4H3/b12-11-. The largest absolute Gasteiger partial charge is 0.401 e. The molecule has 0 heterocycles. The first kappa shape index (κ1) is 11.4. The van der Waals surface area contributed by atoms with Crippen molar-refractivity contribution in [2.24, 2.45) is 23.5 Å². The van der Waals surface area contributed by atoms with Crippen LogP contribution >= 0.6 is 0 Å². The number of hydrogen-bond donors (Lipinski definition) is 2. The van der Waals surface area contributed by atoms with Crippen LogP contribution in [0.3, 0.4) is 0 Å². The van der Waals surface area contributed by atoms with Gasteiger partial charge >= 0.3 is 0 Å². The molecule has 1 saturated carbocycles. The van der Waals surface area contributed by atoms with Gasteiger partial charge < -0.3 is 11.1 Å². The minimum atomic E-state index is 0.927. The first-order chi connectivity index (χ1) is 6.61. The van der Waals surface area contributed by atoms with E-state index in [1.807, 2.05) is 7.05 Å². The van der Waals surface area contributed by atoms with Gasteiger partial charge in [0.15, 0.2) is 0 Å². The second kappa shape index (κ2) is 4.72. The summed E-state index contributed by atoms with van der Waals surface area (Å²) >= 11 is 0. The molecule has 0 radical (unpaired) electrons. The first-order valence-corrected chi connectivity index (χ1v) is 5.77. The molecule has 0 aromatic carbocycles. The molecule has 82 valence electrons. The van der Waals surface area contributed by atoms with E-state index >= 15 is 0 Å². The predicted octanol–water partition coefficient (Wildman–Crippen LogP) is 2.47. The molecule has 2 atom stereocenters. The van der Waals surface area contributed by atoms with Gasteiger partial charge in [-0.1, -0.05) is 20.8 Å². The van der Waals surface area contributed by atoms with Gasteiger partial charge in [0.2, 0.25) is 0 Å². The van der Waals surface area contributed by atoms with Crippen LogP contribution in [0.4, 0.5) is 0 Å². The molecule has 0 bridgehead atoms. The molecule has 2 unspecified atom stereocenters. The summed E-state index contributed by atoms with van der Waals surface area (Å²) in [6.07, 6.45) is 3.36. The molecule has 2 nitrogen and oxygen atoms in total. The Bertz CT molecular complexity index is 212. The highest BCUT2D eigenvalue weighted by Gasteiger charge is 2.41. The Morgan fingerprint density at radius 1 is 1.29 bits per heavy atom. The zero-order valence-corrected chi connectivity index (χ0v) is 9.93. The normalized spacial score (nSPS) is 32.4. The number of rotatable bonds is 5. The lowest BCUT2D eigenvalue weighted by molar-refractivity contribution is 0.629. The van der Waals surface area contributed by atoms with Crippen molar-refractivity contribution < 1.29 is 0 Å². The van der Waals surface area contributed by atoms with Gasteiger partial charge in [-0.05, 0) is 37.0 Å². The molecule has 3 N–H and O–H groups in total. The van der Waals surface area contributed by atoms with Gasteiger partial charge in [0.25, 0.3) is 0 Å². The van der Waals surface area contributed by atoms with Crippen molar-refractivity contribution in [3.05, 3.63) is 11.4 Å². The highest BCUT2D eigenvalue weighted by Crippen LogP contribution is 2.48. The molecule has 0 aromatic heterocycles. The van der Waals surface area contributed by atoms with E-state index in [9.17, 15) is 0 Å². The van der Waals surface area contributed by atoms with Crippen LogP contribution in [0, 0.1) is 17.8 Å². The molecule has 1 aliphatic carbocycles. The predicted molar refractivity (Wildman–Crippen MR) is 61.6 cm³/mol. The molecular formula is C12H24N2. The zero-order valence-electron chi connectivity index (χ0n) is 9.93. The minimum absolute atomic E-state index is 0.927. The molecule has 0 amide bonds. The van der Waals surface area contributed by atoms with Crippen LogP contribution in [0.2, 0.25) is 0 Å². The molecule has 0 saturated heterocycles. The van der Waals surface area contributed by atoms with Crippen LogP contribution in [0.15, 0.2) is 11.4 Å². The van der Waals surface area contributed by atoms with E-state index in [0.717, 1.165) is 36.3 Å². The van der Waals surface area contributed by atoms with E-state index in [4.69, 9.17) is 5.73 Å². The second-order valence-electron chi connectivity index (χ2n) is 4.53. The smallest absolute Gasteiger partial charge is 0.0294 e. The van der Waals surface area contributed by atoms with E-state index in [0.29, 0.717) is 0 Å². The van der Waals surface area contributed by atoms with Crippen molar-refractivity contribution in [2.75, 3.05) is 7.05 Å². The summed E-state index contributed by atoms with van der Waals surface area (Å²) in [6, 6.07) is 0.